The van der Waals surface area contributed by atoms with Crippen molar-refractivity contribution in [2.24, 2.45) is 0 Å². The number of rotatable bonds is 4. The number of fused-ring (bicyclic) bond motifs is 1. The molecule has 7 heteroatoms. The number of amides is 1. The van der Waals surface area contributed by atoms with Crippen molar-refractivity contribution >= 4 is 28.4 Å². The smallest absolute Gasteiger partial charge is 0.261 e. The molecule has 0 radical (unpaired) electrons. The van der Waals surface area contributed by atoms with E-state index < -0.39 is 0 Å². The average molecular weight is 346 g/mol. The number of hydrogen-bond donors (Lipinski definition) is 3. The molecule has 0 aliphatic rings. The number of benzene rings is 1. The van der Waals surface area contributed by atoms with Gasteiger partial charge in [-0.05, 0) is 24.6 Å². The SMILES string of the molecule is Cc1nn(Cc2ccccc2)c(N)c1C(=O)Nc1cnc2[nH]ccc2c1. The zero-order valence-electron chi connectivity index (χ0n) is 14.2. The number of aryl methyl sites for hydroxylation is 1. The lowest BCUT2D eigenvalue weighted by atomic mass is 10.2. The minimum absolute atomic E-state index is 0.295. The van der Waals surface area contributed by atoms with Gasteiger partial charge in [-0.25, -0.2) is 9.67 Å². The number of aromatic amines is 1. The van der Waals surface area contributed by atoms with Crippen LogP contribution in [0.1, 0.15) is 21.6 Å². The van der Waals surface area contributed by atoms with Crippen LogP contribution < -0.4 is 11.1 Å². The molecule has 0 unspecified atom stereocenters. The largest absolute Gasteiger partial charge is 0.383 e. The number of nitrogens with zero attached hydrogens (tertiary/aromatic N) is 3. The van der Waals surface area contributed by atoms with Gasteiger partial charge in [0.05, 0.1) is 24.1 Å². The van der Waals surface area contributed by atoms with Crippen LogP contribution in [0.2, 0.25) is 0 Å². The molecule has 3 heterocycles. The summed E-state index contributed by atoms with van der Waals surface area (Å²) in [6.45, 7) is 2.29. The third kappa shape index (κ3) is 2.90. The van der Waals surface area contributed by atoms with Crippen molar-refractivity contribution in [3.8, 4) is 0 Å². The van der Waals surface area contributed by atoms with Crippen molar-refractivity contribution in [2.75, 3.05) is 11.1 Å². The van der Waals surface area contributed by atoms with Gasteiger partial charge in [-0.15, -0.1) is 0 Å². The number of nitrogens with two attached hydrogens (primary N) is 1. The molecule has 4 rings (SSSR count). The van der Waals surface area contributed by atoms with E-state index in [0.29, 0.717) is 29.3 Å². The minimum Gasteiger partial charge on any atom is -0.383 e. The first-order chi connectivity index (χ1) is 12.6. The topological polar surface area (TPSA) is 102 Å². The number of nitrogen functional groups attached to an aromatic ring is 1. The van der Waals surface area contributed by atoms with Crippen molar-refractivity contribution in [1.29, 1.82) is 0 Å². The van der Waals surface area contributed by atoms with Gasteiger partial charge in [-0.1, -0.05) is 30.3 Å². The summed E-state index contributed by atoms with van der Waals surface area (Å²) in [4.78, 5) is 20.0. The fraction of sp³-hybridized carbons (Fsp3) is 0.105. The van der Waals surface area contributed by atoms with Gasteiger partial charge in [0, 0.05) is 11.6 Å². The van der Waals surface area contributed by atoms with Gasteiger partial charge < -0.3 is 16.0 Å². The van der Waals surface area contributed by atoms with Crippen LogP contribution in [-0.4, -0.2) is 25.7 Å². The Balaban J connectivity index is 1.59. The van der Waals surface area contributed by atoms with Crippen molar-refractivity contribution in [1.82, 2.24) is 19.7 Å². The lowest BCUT2D eigenvalue weighted by Gasteiger charge is -2.07. The van der Waals surface area contributed by atoms with Crippen LogP contribution >= 0.6 is 0 Å². The third-order valence-electron chi connectivity index (χ3n) is 4.23. The van der Waals surface area contributed by atoms with Crippen LogP contribution in [0, 0.1) is 6.92 Å². The molecule has 1 aromatic carbocycles. The zero-order valence-corrected chi connectivity index (χ0v) is 14.2. The summed E-state index contributed by atoms with van der Waals surface area (Å²) in [5.41, 5.74) is 9.62. The lowest BCUT2D eigenvalue weighted by Crippen LogP contribution is -2.15. The molecule has 4 aromatic rings. The number of carbonyl (C=O) groups is 1. The predicted octanol–water partition coefficient (Wildman–Crippen LogP) is 2.95. The molecule has 0 saturated heterocycles. The maximum absolute atomic E-state index is 12.7. The summed E-state index contributed by atoms with van der Waals surface area (Å²) in [5, 5.41) is 8.19. The molecule has 0 aliphatic carbocycles. The summed E-state index contributed by atoms with van der Waals surface area (Å²) in [6.07, 6.45) is 3.41. The molecule has 0 saturated carbocycles. The standard InChI is InChI=1S/C19H18N6O/c1-12-16(17(20)25(24-12)11-13-5-3-2-4-6-13)19(26)23-15-9-14-7-8-21-18(14)22-10-15/h2-10H,11,20H2,1H3,(H,21,22)(H,23,26). The zero-order chi connectivity index (χ0) is 18.1. The van der Waals surface area contributed by atoms with E-state index in [-0.39, 0.29) is 5.91 Å². The van der Waals surface area contributed by atoms with Crippen molar-refractivity contribution in [3.63, 3.8) is 0 Å². The van der Waals surface area contributed by atoms with E-state index in [1.807, 2.05) is 42.5 Å². The first kappa shape index (κ1) is 15.9. The van der Waals surface area contributed by atoms with Crippen LogP contribution in [0.4, 0.5) is 11.5 Å². The first-order valence-electron chi connectivity index (χ1n) is 8.23. The molecule has 3 aromatic heterocycles. The molecule has 7 nitrogen and oxygen atoms in total. The summed E-state index contributed by atoms with van der Waals surface area (Å²) >= 11 is 0. The maximum atomic E-state index is 12.7. The number of hydrogen-bond acceptors (Lipinski definition) is 4. The van der Waals surface area contributed by atoms with E-state index in [1.165, 1.54) is 0 Å². The Labute approximate surface area is 149 Å². The highest BCUT2D eigenvalue weighted by Gasteiger charge is 2.20. The van der Waals surface area contributed by atoms with Gasteiger partial charge in [0.15, 0.2) is 0 Å². The molecular formula is C19H18N6O. The second kappa shape index (κ2) is 6.36. The fourth-order valence-corrected chi connectivity index (χ4v) is 2.96. The van der Waals surface area contributed by atoms with E-state index >= 15 is 0 Å². The van der Waals surface area contributed by atoms with Crippen LogP contribution in [0.25, 0.3) is 11.0 Å². The lowest BCUT2D eigenvalue weighted by molar-refractivity contribution is 0.102. The van der Waals surface area contributed by atoms with Crippen LogP contribution in [0.5, 0.6) is 0 Å². The monoisotopic (exact) mass is 346 g/mol. The van der Waals surface area contributed by atoms with Gasteiger partial charge in [0.1, 0.15) is 17.0 Å². The molecule has 130 valence electrons. The first-order valence-corrected chi connectivity index (χ1v) is 8.23. The van der Waals surface area contributed by atoms with E-state index in [0.717, 1.165) is 16.6 Å². The maximum Gasteiger partial charge on any atom is 0.261 e. The van der Waals surface area contributed by atoms with Gasteiger partial charge in [-0.2, -0.15) is 5.10 Å². The number of anilines is 2. The number of carbonyl (C=O) groups excluding carboxylic acids is 1. The second-order valence-electron chi connectivity index (χ2n) is 6.08. The van der Waals surface area contributed by atoms with Crippen LogP contribution in [0.3, 0.4) is 0 Å². The normalized spacial score (nSPS) is 11.0. The Morgan fingerprint density at radius 2 is 2.08 bits per heavy atom. The summed E-state index contributed by atoms with van der Waals surface area (Å²) in [6, 6.07) is 13.6. The van der Waals surface area contributed by atoms with E-state index in [1.54, 1.807) is 24.0 Å². The van der Waals surface area contributed by atoms with E-state index in [4.69, 9.17) is 5.73 Å². The third-order valence-corrected chi connectivity index (χ3v) is 4.23. The Morgan fingerprint density at radius 3 is 2.88 bits per heavy atom. The van der Waals surface area contributed by atoms with Gasteiger partial charge >= 0.3 is 0 Å². The molecule has 0 atom stereocenters. The number of aromatic nitrogens is 4. The number of pyridine rings is 1. The Hall–Kier alpha value is -3.61. The predicted molar refractivity (Wildman–Crippen MR) is 101 cm³/mol. The van der Waals surface area contributed by atoms with Crippen molar-refractivity contribution in [3.05, 3.63) is 71.7 Å². The van der Waals surface area contributed by atoms with Crippen molar-refractivity contribution in [2.45, 2.75) is 13.5 Å². The van der Waals surface area contributed by atoms with Gasteiger partial charge in [-0.3, -0.25) is 4.79 Å². The van der Waals surface area contributed by atoms with Crippen LogP contribution in [-0.2, 0) is 6.54 Å². The summed E-state index contributed by atoms with van der Waals surface area (Å²) in [7, 11) is 0. The second-order valence-corrected chi connectivity index (χ2v) is 6.08. The highest BCUT2D eigenvalue weighted by molar-refractivity contribution is 6.08. The van der Waals surface area contributed by atoms with Crippen molar-refractivity contribution < 1.29 is 4.79 Å². The van der Waals surface area contributed by atoms with Gasteiger partial charge in [0.2, 0.25) is 0 Å². The summed E-state index contributed by atoms with van der Waals surface area (Å²) in [5.74, 6) is 0.0514. The molecule has 0 fully saturated rings. The molecule has 0 spiro atoms. The Morgan fingerprint density at radius 1 is 1.27 bits per heavy atom. The summed E-state index contributed by atoms with van der Waals surface area (Å²) < 4.78 is 1.65. The van der Waals surface area contributed by atoms with Gasteiger partial charge in [0.25, 0.3) is 5.91 Å². The highest BCUT2D eigenvalue weighted by atomic mass is 16.1. The molecule has 4 N–H and O–H groups in total. The van der Waals surface area contributed by atoms with E-state index in [9.17, 15) is 4.79 Å². The molecule has 26 heavy (non-hydrogen) atoms. The quantitative estimate of drug-likeness (QED) is 0.529. The van der Waals surface area contributed by atoms with E-state index in [2.05, 4.69) is 20.4 Å². The average Bonchev–Trinajstić information content (AvgIpc) is 3.20. The highest BCUT2D eigenvalue weighted by Crippen LogP contribution is 2.21. The molecule has 0 aliphatic heterocycles. The molecule has 0 bridgehead atoms. The molecule has 1 amide bonds. The Kier molecular flexibility index (Phi) is 3.89. The fourth-order valence-electron chi connectivity index (χ4n) is 2.96. The number of nitrogens with one attached hydrogen (secondary N) is 2. The minimum atomic E-state index is -0.295. The molecular weight excluding hydrogens is 328 g/mol. The Bertz CT molecular complexity index is 1080. The van der Waals surface area contributed by atoms with Crippen LogP contribution in [0.15, 0.2) is 54.9 Å². The number of H-pyrrole nitrogens is 1.